The lowest BCUT2D eigenvalue weighted by Crippen LogP contribution is -2.70. The van der Waals surface area contributed by atoms with Gasteiger partial charge in [-0.1, -0.05) is 68.4 Å². The number of hydrogen-bond acceptors (Lipinski definition) is 5. The van der Waals surface area contributed by atoms with Crippen molar-refractivity contribution in [2.24, 2.45) is 23.7 Å². The summed E-state index contributed by atoms with van der Waals surface area (Å²) < 4.78 is 19.6. The highest BCUT2D eigenvalue weighted by Crippen LogP contribution is 2.60. The SMILES string of the molecule is CC1CCC2[C@@H](C)C(OCc3cccc4c3ccc3ccccc34)OC3OC4(C)CCC1[C@]32OO4. The van der Waals surface area contributed by atoms with E-state index in [1.165, 1.54) is 33.5 Å². The molecule has 5 fully saturated rings. The van der Waals surface area contributed by atoms with E-state index in [9.17, 15) is 0 Å². The van der Waals surface area contributed by atoms with E-state index in [1.807, 2.05) is 6.92 Å². The van der Waals surface area contributed by atoms with Crippen LogP contribution in [0.4, 0.5) is 0 Å². The van der Waals surface area contributed by atoms with Crippen LogP contribution in [0.15, 0.2) is 54.6 Å². The van der Waals surface area contributed by atoms with Gasteiger partial charge in [0.2, 0.25) is 5.79 Å². The van der Waals surface area contributed by atoms with Gasteiger partial charge >= 0.3 is 0 Å². The molecule has 4 heterocycles. The quantitative estimate of drug-likeness (QED) is 0.312. The zero-order chi connectivity index (χ0) is 23.8. The van der Waals surface area contributed by atoms with Gasteiger partial charge in [-0.2, -0.15) is 0 Å². The lowest BCUT2D eigenvalue weighted by Gasteiger charge is -2.60. The molecular weight excluding hydrogens is 440 g/mol. The Morgan fingerprint density at radius 1 is 0.857 bits per heavy atom. The van der Waals surface area contributed by atoms with Crippen molar-refractivity contribution in [1.82, 2.24) is 0 Å². The number of rotatable bonds is 3. The van der Waals surface area contributed by atoms with Crippen LogP contribution in [-0.4, -0.2) is 24.0 Å². The van der Waals surface area contributed by atoms with Crippen LogP contribution < -0.4 is 0 Å². The van der Waals surface area contributed by atoms with Gasteiger partial charge in [-0.05, 0) is 65.1 Å². The van der Waals surface area contributed by atoms with Crippen LogP contribution in [0, 0.1) is 23.7 Å². The van der Waals surface area contributed by atoms with Gasteiger partial charge in [-0.15, -0.1) is 0 Å². The summed E-state index contributed by atoms with van der Waals surface area (Å²) in [7, 11) is 0. The van der Waals surface area contributed by atoms with E-state index in [-0.39, 0.29) is 18.1 Å². The van der Waals surface area contributed by atoms with Gasteiger partial charge in [-0.25, -0.2) is 9.78 Å². The third-order valence-electron chi connectivity index (χ3n) is 9.38. The third-order valence-corrected chi connectivity index (χ3v) is 9.38. The van der Waals surface area contributed by atoms with Crippen LogP contribution in [0.2, 0.25) is 0 Å². The van der Waals surface area contributed by atoms with Crippen LogP contribution in [0.1, 0.15) is 52.0 Å². The molecule has 5 nitrogen and oxygen atoms in total. The van der Waals surface area contributed by atoms with Crippen LogP contribution in [0.3, 0.4) is 0 Å². The number of benzene rings is 3. The molecule has 1 aliphatic carbocycles. The van der Waals surface area contributed by atoms with Crippen molar-refractivity contribution in [2.75, 3.05) is 0 Å². The van der Waals surface area contributed by atoms with Gasteiger partial charge in [0.1, 0.15) is 0 Å². The van der Waals surface area contributed by atoms with Crippen molar-refractivity contribution >= 4 is 21.5 Å². The molecule has 2 bridgehead atoms. The van der Waals surface area contributed by atoms with E-state index in [4.69, 9.17) is 24.0 Å². The molecule has 3 aromatic rings. The molecule has 6 unspecified atom stereocenters. The van der Waals surface area contributed by atoms with Crippen molar-refractivity contribution in [2.45, 2.75) is 77.0 Å². The van der Waals surface area contributed by atoms with E-state index in [0.717, 1.165) is 19.3 Å². The Labute approximate surface area is 206 Å². The fraction of sp³-hybridized carbons (Fsp3) is 0.533. The van der Waals surface area contributed by atoms with E-state index in [1.54, 1.807) is 0 Å². The Hall–Kier alpha value is -2.02. The minimum atomic E-state index is -0.765. The van der Waals surface area contributed by atoms with Crippen molar-refractivity contribution in [3.63, 3.8) is 0 Å². The number of ether oxygens (including phenoxy) is 3. The molecule has 3 aromatic carbocycles. The molecule has 0 amide bonds. The number of fused-ring (bicyclic) bond motifs is 5. The average Bonchev–Trinajstić information content (AvgIpc) is 3.11. The summed E-state index contributed by atoms with van der Waals surface area (Å²) in [6.07, 6.45) is 3.29. The van der Waals surface area contributed by atoms with Crippen LogP contribution in [0.25, 0.3) is 21.5 Å². The second kappa shape index (κ2) is 7.99. The molecule has 1 spiro atoms. The highest BCUT2D eigenvalue weighted by atomic mass is 17.3. The standard InChI is InChI=1S/C30H34O5/c1-18-11-14-26-19(2)27(32-28-30(26)25(18)15-16-29(3,33-28)34-35-30)31-17-21-8-6-10-24-22-9-5-4-7-20(22)12-13-23(21)24/h4-10,12-13,18-19,25-28H,11,14-17H2,1-3H3/t18?,19-,25?,26?,27?,28?,29?,30-/m1/s1. The van der Waals surface area contributed by atoms with Crippen LogP contribution in [-0.2, 0) is 30.6 Å². The molecule has 5 heteroatoms. The Bertz CT molecular complexity index is 1270. The van der Waals surface area contributed by atoms with Gasteiger partial charge < -0.3 is 14.2 Å². The summed E-state index contributed by atoms with van der Waals surface area (Å²) >= 11 is 0. The number of hydrogen-bond donors (Lipinski definition) is 0. The largest absolute Gasteiger partial charge is 0.348 e. The topological polar surface area (TPSA) is 46.2 Å². The minimum absolute atomic E-state index is 0.173. The average molecular weight is 475 g/mol. The van der Waals surface area contributed by atoms with E-state index < -0.39 is 17.7 Å². The van der Waals surface area contributed by atoms with Gasteiger partial charge in [0.05, 0.1) is 6.61 Å². The first-order valence-electron chi connectivity index (χ1n) is 13.2. The van der Waals surface area contributed by atoms with E-state index in [0.29, 0.717) is 18.4 Å². The van der Waals surface area contributed by atoms with E-state index >= 15 is 0 Å². The van der Waals surface area contributed by atoms with Gasteiger partial charge in [-0.3, -0.25) is 0 Å². The molecule has 0 aromatic heterocycles. The van der Waals surface area contributed by atoms with Gasteiger partial charge in [0.25, 0.3) is 0 Å². The summed E-state index contributed by atoms with van der Waals surface area (Å²) in [4.78, 5) is 12.2. The Kier molecular flexibility index (Phi) is 5.07. The van der Waals surface area contributed by atoms with Gasteiger partial charge in [0.15, 0.2) is 18.2 Å². The predicted molar refractivity (Wildman–Crippen MR) is 133 cm³/mol. The van der Waals surface area contributed by atoms with Crippen molar-refractivity contribution < 1.29 is 24.0 Å². The second-order valence-electron chi connectivity index (χ2n) is 11.4. The zero-order valence-corrected chi connectivity index (χ0v) is 20.7. The predicted octanol–water partition coefficient (Wildman–Crippen LogP) is 6.72. The first kappa shape index (κ1) is 22.2. The fourth-order valence-electron chi connectivity index (χ4n) is 7.47. The molecule has 4 aliphatic heterocycles. The highest BCUT2D eigenvalue weighted by molar-refractivity contribution is 6.08. The summed E-state index contributed by atoms with van der Waals surface area (Å²) in [5.41, 5.74) is 0.625. The third kappa shape index (κ3) is 3.25. The Balaban J connectivity index is 1.19. The maximum atomic E-state index is 6.61. The smallest absolute Gasteiger partial charge is 0.201 e. The molecule has 5 aliphatic rings. The summed E-state index contributed by atoms with van der Waals surface area (Å²) in [6, 6.07) is 19.4. The summed E-state index contributed by atoms with van der Waals surface area (Å²) in [5, 5.41) is 5.01. The summed E-state index contributed by atoms with van der Waals surface area (Å²) in [5.74, 6) is 0.600. The molecule has 184 valence electrons. The lowest BCUT2D eigenvalue weighted by atomic mass is 9.58. The van der Waals surface area contributed by atoms with Crippen molar-refractivity contribution in [3.8, 4) is 0 Å². The summed E-state index contributed by atoms with van der Waals surface area (Å²) in [6.45, 7) is 7.04. The van der Waals surface area contributed by atoms with E-state index in [2.05, 4.69) is 68.4 Å². The van der Waals surface area contributed by atoms with Crippen LogP contribution in [0.5, 0.6) is 0 Å². The molecule has 1 saturated carbocycles. The fourth-order valence-corrected chi connectivity index (χ4v) is 7.47. The van der Waals surface area contributed by atoms with Crippen molar-refractivity contribution in [3.05, 3.63) is 60.2 Å². The lowest BCUT2D eigenvalue weighted by molar-refractivity contribution is -0.577. The van der Waals surface area contributed by atoms with Gasteiger partial charge in [0, 0.05) is 18.3 Å². The molecule has 4 saturated heterocycles. The highest BCUT2D eigenvalue weighted by Gasteiger charge is 2.69. The second-order valence-corrected chi connectivity index (χ2v) is 11.4. The van der Waals surface area contributed by atoms with Crippen LogP contribution >= 0.6 is 0 Å². The normalized spacial score (nSPS) is 40.5. The monoisotopic (exact) mass is 474 g/mol. The first-order valence-corrected chi connectivity index (χ1v) is 13.2. The molecular formula is C30H34O5. The Morgan fingerprint density at radius 3 is 2.63 bits per heavy atom. The Morgan fingerprint density at radius 2 is 1.71 bits per heavy atom. The maximum absolute atomic E-state index is 6.61. The minimum Gasteiger partial charge on any atom is -0.348 e. The molecule has 8 rings (SSSR count). The zero-order valence-electron chi connectivity index (χ0n) is 20.7. The molecule has 8 atom stereocenters. The first-order chi connectivity index (χ1) is 17.0. The maximum Gasteiger partial charge on any atom is 0.201 e. The van der Waals surface area contributed by atoms with Crippen molar-refractivity contribution in [1.29, 1.82) is 0 Å². The molecule has 0 radical (unpaired) electrons. The molecule has 0 N–H and O–H groups in total. The molecule has 35 heavy (non-hydrogen) atoms.